The van der Waals surface area contributed by atoms with Crippen LogP contribution in [0.5, 0.6) is 0 Å². The molecule has 2 unspecified atom stereocenters. The van der Waals surface area contributed by atoms with Crippen molar-refractivity contribution in [1.82, 2.24) is 10.1 Å². The van der Waals surface area contributed by atoms with Crippen molar-refractivity contribution in [2.75, 3.05) is 5.32 Å². The van der Waals surface area contributed by atoms with Crippen LogP contribution in [0.15, 0.2) is 22.7 Å². The first-order valence-electron chi connectivity index (χ1n) is 6.92. The predicted molar refractivity (Wildman–Crippen MR) is 72.2 cm³/mol. The summed E-state index contributed by atoms with van der Waals surface area (Å²) < 4.78 is 67.3. The second-order valence-corrected chi connectivity index (χ2v) is 5.61. The SMILES string of the molecule is Cc1cc(-c2noc(C(F)(F)F)n2)ccc1NC(O)C1CC1(F)F. The lowest BCUT2D eigenvalue weighted by Crippen LogP contribution is -2.24. The van der Waals surface area contributed by atoms with Crippen LogP contribution in [0, 0.1) is 12.8 Å². The third-order valence-corrected chi connectivity index (χ3v) is 3.71. The third-order valence-electron chi connectivity index (χ3n) is 3.71. The molecular weight excluding hydrogens is 337 g/mol. The van der Waals surface area contributed by atoms with Crippen molar-refractivity contribution >= 4 is 5.69 Å². The van der Waals surface area contributed by atoms with Gasteiger partial charge in [0.2, 0.25) is 5.82 Å². The molecule has 0 saturated heterocycles. The van der Waals surface area contributed by atoms with E-state index in [1.807, 2.05) is 0 Å². The number of aromatic nitrogens is 2. The van der Waals surface area contributed by atoms with Gasteiger partial charge >= 0.3 is 12.1 Å². The topological polar surface area (TPSA) is 71.2 Å². The molecule has 1 aliphatic carbocycles. The highest BCUT2D eigenvalue weighted by Gasteiger charge is 2.60. The summed E-state index contributed by atoms with van der Waals surface area (Å²) in [6.45, 7) is 1.61. The number of rotatable bonds is 4. The molecule has 2 atom stereocenters. The van der Waals surface area contributed by atoms with Crippen molar-refractivity contribution in [2.45, 2.75) is 31.7 Å². The zero-order valence-corrected chi connectivity index (χ0v) is 12.2. The number of hydrogen-bond acceptors (Lipinski definition) is 5. The average molecular weight is 349 g/mol. The molecule has 0 aliphatic heterocycles. The van der Waals surface area contributed by atoms with Crippen LogP contribution >= 0.6 is 0 Å². The van der Waals surface area contributed by atoms with E-state index in [1.165, 1.54) is 18.2 Å². The molecule has 1 heterocycles. The molecule has 0 spiro atoms. The molecule has 2 aromatic rings. The van der Waals surface area contributed by atoms with Gasteiger partial charge in [-0.2, -0.15) is 18.2 Å². The van der Waals surface area contributed by atoms with Gasteiger partial charge in [-0.25, -0.2) is 8.78 Å². The fourth-order valence-electron chi connectivity index (χ4n) is 2.26. The number of anilines is 1. The number of alkyl halides is 5. The molecule has 1 fully saturated rings. The van der Waals surface area contributed by atoms with Gasteiger partial charge in [-0.15, -0.1) is 0 Å². The van der Waals surface area contributed by atoms with Gasteiger partial charge in [0.05, 0.1) is 5.92 Å². The minimum atomic E-state index is -4.73. The van der Waals surface area contributed by atoms with E-state index in [9.17, 15) is 27.1 Å². The maximum Gasteiger partial charge on any atom is 0.471 e. The molecule has 130 valence electrons. The van der Waals surface area contributed by atoms with Crippen LogP contribution in [0.2, 0.25) is 0 Å². The second kappa shape index (κ2) is 5.40. The molecule has 2 N–H and O–H groups in total. The normalized spacial score (nSPS) is 20.7. The monoisotopic (exact) mass is 349 g/mol. The number of hydrogen-bond donors (Lipinski definition) is 2. The third kappa shape index (κ3) is 3.18. The number of benzene rings is 1. The molecule has 1 aromatic carbocycles. The molecule has 3 rings (SSSR count). The van der Waals surface area contributed by atoms with Crippen molar-refractivity contribution in [2.24, 2.45) is 5.92 Å². The van der Waals surface area contributed by atoms with E-state index in [2.05, 4.69) is 20.0 Å². The molecular formula is C14H12F5N3O2. The maximum atomic E-state index is 12.9. The zero-order chi connectivity index (χ0) is 17.7. The van der Waals surface area contributed by atoms with Gasteiger partial charge < -0.3 is 14.9 Å². The predicted octanol–water partition coefficient (Wildman–Crippen LogP) is 3.45. The molecule has 0 amide bonds. The van der Waals surface area contributed by atoms with Crippen molar-refractivity contribution in [1.29, 1.82) is 0 Å². The molecule has 1 aromatic heterocycles. The first kappa shape index (κ1) is 16.6. The van der Waals surface area contributed by atoms with Gasteiger partial charge in [0.15, 0.2) is 0 Å². The van der Waals surface area contributed by atoms with Crippen molar-refractivity contribution in [3.8, 4) is 11.4 Å². The van der Waals surface area contributed by atoms with Crippen LogP contribution in [0.25, 0.3) is 11.4 Å². The van der Waals surface area contributed by atoms with Crippen LogP contribution in [-0.4, -0.2) is 27.4 Å². The first-order valence-corrected chi connectivity index (χ1v) is 6.92. The van der Waals surface area contributed by atoms with Crippen molar-refractivity contribution in [3.05, 3.63) is 29.7 Å². The molecule has 1 aliphatic rings. The molecule has 0 bridgehead atoms. The Morgan fingerprint density at radius 3 is 2.54 bits per heavy atom. The van der Waals surface area contributed by atoms with E-state index in [-0.39, 0.29) is 17.8 Å². The Kier molecular flexibility index (Phi) is 3.74. The molecule has 10 heteroatoms. The Morgan fingerprint density at radius 2 is 2.04 bits per heavy atom. The minimum absolute atomic E-state index is 0.244. The van der Waals surface area contributed by atoms with Crippen LogP contribution < -0.4 is 5.32 Å². The van der Waals surface area contributed by atoms with Crippen LogP contribution in [0.3, 0.4) is 0 Å². The Morgan fingerprint density at radius 1 is 1.38 bits per heavy atom. The standard InChI is InChI=1S/C14H12F5N3O2/c1-6-4-7(10-21-12(24-22-10)14(17,18)19)2-3-9(6)20-11(23)8-5-13(8,15)16/h2-4,8,11,20,23H,5H2,1H3. The van der Waals surface area contributed by atoms with Gasteiger partial charge in [-0.3, -0.25) is 0 Å². The second-order valence-electron chi connectivity index (χ2n) is 5.61. The smallest absolute Gasteiger partial charge is 0.373 e. The van der Waals surface area contributed by atoms with E-state index in [4.69, 9.17) is 0 Å². The Balaban J connectivity index is 1.76. The molecule has 1 saturated carbocycles. The lowest BCUT2D eigenvalue weighted by molar-refractivity contribution is -0.159. The van der Waals surface area contributed by atoms with Gasteiger partial charge in [-0.1, -0.05) is 5.16 Å². The summed E-state index contributed by atoms with van der Waals surface area (Å²) in [5.74, 6) is -5.73. The summed E-state index contributed by atoms with van der Waals surface area (Å²) in [6, 6.07) is 4.31. The fraction of sp³-hybridized carbons (Fsp3) is 0.429. The molecule has 5 nitrogen and oxygen atoms in total. The van der Waals surface area contributed by atoms with E-state index >= 15 is 0 Å². The number of halogens is 5. The fourth-order valence-corrected chi connectivity index (χ4v) is 2.26. The number of aliphatic hydroxyl groups is 1. The van der Waals surface area contributed by atoms with Crippen LogP contribution in [0.1, 0.15) is 17.9 Å². The number of nitrogens with one attached hydrogen (secondary N) is 1. The van der Waals surface area contributed by atoms with E-state index in [0.29, 0.717) is 11.3 Å². The van der Waals surface area contributed by atoms with E-state index in [0.717, 1.165) is 0 Å². The Hall–Kier alpha value is -2.23. The summed E-state index contributed by atoms with van der Waals surface area (Å²) in [6.07, 6.45) is -6.53. The van der Waals surface area contributed by atoms with Crippen LogP contribution in [-0.2, 0) is 6.18 Å². The van der Waals surface area contributed by atoms with Crippen LogP contribution in [0.4, 0.5) is 27.6 Å². The summed E-state index contributed by atoms with van der Waals surface area (Å²) in [7, 11) is 0. The largest absolute Gasteiger partial charge is 0.471 e. The maximum absolute atomic E-state index is 12.9. The highest BCUT2D eigenvalue weighted by atomic mass is 19.4. The summed E-state index contributed by atoms with van der Waals surface area (Å²) >= 11 is 0. The average Bonchev–Trinajstić information content (AvgIpc) is 2.90. The Labute approximate surface area is 132 Å². The van der Waals surface area contributed by atoms with Gasteiger partial charge in [0.25, 0.3) is 5.92 Å². The van der Waals surface area contributed by atoms with E-state index in [1.54, 1.807) is 6.92 Å². The van der Waals surface area contributed by atoms with E-state index < -0.39 is 30.1 Å². The number of nitrogens with zero attached hydrogens (tertiary/aromatic N) is 2. The summed E-state index contributed by atoms with van der Waals surface area (Å²) in [4.78, 5) is 3.27. The van der Waals surface area contributed by atoms with Crippen molar-refractivity contribution in [3.63, 3.8) is 0 Å². The number of aryl methyl sites for hydroxylation is 1. The summed E-state index contributed by atoms with van der Waals surface area (Å²) in [5, 5.41) is 15.6. The van der Waals surface area contributed by atoms with Crippen molar-refractivity contribution < 1.29 is 31.6 Å². The first-order chi connectivity index (χ1) is 11.1. The Bertz CT molecular complexity index is 759. The quantitative estimate of drug-likeness (QED) is 0.654. The molecule has 24 heavy (non-hydrogen) atoms. The van der Waals surface area contributed by atoms with Gasteiger partial charge in [0.1, 0.15) is 6.23 Å². The molecule has 0 radical (unpaired) electrons. The summed E-state index contributed by atoms with van der Waals surface area (Å²) in [5.41, 5.74) is 1.17. The van der Waals surface area contributed by atoms with Gasteiger partial charge in [0, 0.05) is 17.7 Å². The van der Waals surface area contributed by atoms with Gasteiger partial charge in [-0.05, 0) is 30.7 Å². The highest BCUT2D eigenvalue weighted by molar-refractivity contribution is 5.63. The number of aliphatic hydroxyl groups excluding tert-OH is 1. The highest BCUT2D eigenvalue weighted by Crippen LogP contribution is 2.50. The lowest BCUT2D eigenvalue weighted by Gasteiger charge is -2.16. The lowest BCUT2D eigenvalue weighted by atomic mass is 10.1. The zero-order valence-electron chi connectivity index (χ0n) is 12.2. The minimum Gasteiger partial charge on any atom is -0.373 e.